The van der Waals surface area contributed by atoms with Crippen LogP contribution in [-0.4, -0.2) is 79.7 Å². The van der Waals surface area contributed by atoms with E-state index < -0.39 is 41.6 Å². The van der Waals surface area contributed by atoms with Crippen LogP contribution in [0.15, 0.2) is 30.3 Å². The molecule has 0 aliphatic carbocycles. The fourth-order valence-corrected chi connectivity index (χ4v) is 3.08. The van der Waals surface area contributed by atoms with Gasteiger partial charge in [-0.05, 0) is 38.7 Å². The minimum absolute atomic E-state index is 0.101. The van der Waals surface area contributed by atoms with Crippen LogP contribution in [0, 0.1) is 5.92 Å². The molecular formula is C26H41N5O7. The van der Waals surface area contributed by atoms with Crippen LogP contribution in [-0.2, 0) is 30.5 Å². The number of nitrogens with zero attached hydrogens (tertiary/aromatic N) is 1. The van der Waals surface area contributed by atoms with E-state index in [1.165, 1.54) is 7.05 Å². The SMILES string of the molecule is CC(C)C[C@H](NC(=O)OC(C)(C)C)C(=O)NCC(=O)NCCNC(=O)CN(C)C(=O)OCc1ccccc1. The second kappa shape index (κ2) is 16.1. The second-order valence-corrected chi connectivity index (χ2v) is 10.1. The molecule has 1 aromatic carbocycles. The van der Waals surface area contributed by atoms with E-state index in [1.807, 2.05) is 44.2 Å². The molecule has 0 saturated carbocycles. The van der Waals surface area contributed by atoms with Crippen molar-refractivity contribution >= 4 is 29.9 Å². The summed E-state index contributed by atoms with van der Waals surface area (Å²) in [7, 11) is 1.45. The zero-order chi connectivity index (χ0) is 28.7. The second-order valence-electron chi connectivity index (χ2n) is 10.1. The molecule has 0 unspecified atom stereocenters. The van der Waals surface area contributed by atoms with E-state index in [0.717, 1.165) is 10.5 Å². The smallest absolute Gasteiger partial charge is 0.410 e. The molecule has 4 N–H and O–H groups in total. The Kier molecular flexibility index (Phi) is 13.6. The molecule has 0 aliphatic rings. The number of rotatable bonds is 13. The van der Waals surface area contributed by atoms with Crippen LogP contribution >= 0.6 is 0 Å². The maximum absolute atomic E-state index is 12.5. The van der Waals surface area contributed by atoms with Gasteiger partial charge in [-0.1, -0.05) is 44.2 Å². The average Bonchev–Trinajstić information content (AvgIpc) is 2.82. The number of hydrogen-bond donors (Lipinski definition) is 4. The van der Waals surface area contributed by atoms with Crippen molar-refractivity contribution in [3.05, 3.63) is 35.9 Å². The monoisotopic (exact) mass is 535 g/mol. The van der Waals surface area contributed by atoms with Gasteiger partial charge in [0.15, 0.2) is 0 Å². The third-order valence-electron chi connectivity index (χ3n) is 4.80. The van der Waals surface area contributed by atoms with Gasteiger partial charge in [0.2, 0.25) is 17.7 Å². The van der Waals surface area contributed by atoms with E-state index in [0.29, 0.717) is 6.42 Å². The summed E-state index contributed by atoms with van der Waals surface area (Å²) in [6.07, 6.45) is -0.981. The topological polar surface area (TPSA) is 155 Å². The van der Waals surface area contributed by atoms with Crippen LogP contribution in [0.5, 0.6) is 0 Å². The molecule has 0 aliphatic heterocycles. The number of hydrogen-bond acceptors (Lipinski definition) is 7. The number of nitrogens with one attached hydrogen (secondary N) is 4. The van der Waals surface area contributed by atoms with Gasteiger partial charge in [0.25, 0.3) is 0 Å². The highest BCUT2D eigenvalue weighted by atomic mass is 16.6. The Labute approximate surface area is 224 Å². The van der Waals surface area contributed by atoms with Gasteiger partial charge in [-0.15, -0.1) is 0 Å². The van der Waals surface area contributed by atoms with Crippen molar-refractivity contribution in [1.29, 1.82) is 0 Å². The van der Waals surface area contributed by atoms with E-state index in [2.05, 4.69) is 21.3 Å². The summed E-state index contributed by atoms with van der Waals surface area (Å²) in [6.45, 7) is 8.81. The highest BCUT2D eigenvalue weighted by Gasteiger charge is 2.25. The van der Waals surface area contributed by atoms with Gasteiger partial charge in [0.05, 0.1) is 6.54 Å². The molecule has 0 saturated heterocycles. The third-order valence-corrected chi connectivity index (χ3v) is 4.80. The van der Waals surface area contributed by atoms with Crippen LogP contribution in [0.4, 0.5) is 9.59 Å². The molecule has 1 rings (SSSR count). The molecule has 38 heavy (non-hydrogen) atoms. The summed E-state index contributed by atoms with van der Waals surface area (Å²) in [4.78, 5) is 61.9. The van der Waals surface area contributed by atoms with E-state index in [-0.39, 0.29) is 38.7 Å². The van der Waals surface area contributed by atoms with Crippen LogP contribution in [0.1, 0.15) is 46.6 Å². The first-order valence-corrected chi connectivity index (χ1v) is 12.5. The molecule has 1 atom stereocenters. The van der Waals surface area contributed by atoms with Crippen LogP contribution < -0.4 is 21.3 Å². The molecule has 0 spiro atoms. The number of ether oxygens (including phenoxy) is 2. The minimum Gasteiger partial charge on any atom is -0.445 e. The molecule has 0 bridgehead atoms. The number of alkyl carbamates (subject to hydrolysis) is 1. The highest BCUT2D eigenvalue weighted by Crippen LogP contribution is 2.09. The van der Waals surface area contributed by atoms with Crippen molar-refractivity contribution in [3.8, 4) is 0 Å². The Morgan fingerprint density at radius 1 is 0.921 bits per heavy atom. The van der Waals surface area contributed by atoms with Crippen LogP contribution in [0.25, 0.3) is 0 Å². The predicted molar refractivity (Wildman–Crippen MR) is 141 cm³/mol. The van der Waals surface area contributed by atoms with E-state index in [9.17, 15) is 24.0 Å². The Morgan fingerprint density at radius 3 is 2.11 bits per heavy atom. The maximum Gasteiger partial charge on any atom is 0.410 e. The molecule has 212 valence electrons. The lowest BCUT2D eigenvalue weighted by Gasteiger charge is -2.24. The van der Waals surface area contributed by atoms with E-state index in [1.54, 1.807) is 20.8 Å². The number of amides is 5. The van der Waals surface area contributed by atoms with Crippen molar-refractivity contribution in [1.82, 2.24) is 26.2 Å². The van der Waals surface area contributed by atoms with Gasteiger partial charge in [0.1, 0.15) is 24.8 Å². The molecule has 0 radical (unpaired) electrons. The van der Waals surface area contributed by atoms with Crippen molar-refractivity contribution in [2.75, 3.05) is 33.2 Å². The Hall–Kier alpha value is -3.83. The summed E-state index contributed by atoms with van der Waals surface area (Å²) in [5.41, 5.74) is 0.125. The first-order valence-electron chi connectivity index (χ1n) is 12.5. The Balaban J connectivity index is 2.31. The largest absolute Gasteiger partial charge is 0.445 e. The van der Waals surface area contributed by atoms with Crippen LogP contribution in [0.3, 0.4) is 0 Å². The fourth-order valence-electron chi connectivity index (χ4n) is 3.08. The van der Waals surface area contributed by atoms with E-state index in [4.69, 9.17) is 9.47 Å². The molecular weight excluding hydrogens is 494 g/mol. The third kappa shape index (κ3) is 14.7. The van der Waals surface area contributed by atoms with Gasteiger partial charge in [-0.3, -0.25) is 14.4 Å². The number of benzene rings is 1. The number of carbonyl (C=O) groups excluding carboxylic acids is 5. The molecule has 12 heteroatoms. The standard InChI is InChI=1S/C26H41N5O7/c1-18(2)14-20(30-24(35)38-26(3,4)5)23(34)29-15-21(32)27-12-13-28-22(33)16-31(6)25(36)37-17-19-10-8-7-9-11-19/h7-11,18,20H,12-17H2,1-6H3,(H,27,32)(H,28,33)(H,29,34)(H,30,35)/t20-/m0/s1. The number of likely N-dealkylation sites (N-methyl/N-ethyl adjacent to an activating group) is 1. The van der Waals surface area contributed by atoms with E-state index >= 15 is 0 Å². The highest BCUT2D eigenvalue weighted by molar-refractivity contribution is 5.89. The molecule has 5 amide bonds. The lowest BCUT2D eigenvalue weighted by atomic mass is 10.0. The zero-order valence-electron chi connectivity index (χ0n) is 23.1. The molecule has 12 nitrogen and oxygen atoms in total. The van der Waals surface area contributed by atoms with Gasteiger partial charge in [-0.2, -0.15) is 0 Å². The normalized spacial score (nSPS) is 11.7. The van der Waals surface area contributed by atoms with Gasteiger partial charge in [-0.25, -0.2) is 9.59 Å². The lowest BCUT2D eigenvalue weighted by molar-refractivity contribution is -0.127. The maximum atomic E-state index is 12.5. The van der Waals surface area contributed by atoms with Crippen molar-refractivity contribution < 1.29 is 33.4 Å². The lowest BCUT2D eigenvalue weighted by Crippen LogP contribution is -2.50. The summed E-state index contributed by atoms with van der Waals surface area (Å²) in [6, 6.07) is 8.32. The predicted octanol–water partition coefficient (Wildman–Crippen LogP) is 1.54. The Morgan fingerprint density at radius 2 is 1.53 bits per heavy atom. The summed E-state index contributed by atoms with van der Waals surface area (Å²) < 4.78 is 10.4. The van der Waals surface area contributed by atoms with Gasteiger partial charge in [0, 0.05) is 20.1 Å². The van der Waals surface area contributed by atoms with Crippen molar-refractivity contribution in [3.63, 3.8) is 0 Å². The van der Waals surface area contributed by atoms with Crippen molar-refractivity contribution in [2.45, 2.75) is 59.3 Å². The molecule has 1 aromatic rings. The van der Waals surface area contributed by atoms with Crippen molar-refractivity contribution in [2.24, 2.45) is 5.92 Å². The fraction of sp³-hybridized carbons (Fsp3) is 0.577. The van der Waals surface area contributed by atoms with Gasteiger partial charge < -0.3 is 35.6 Å². The first kappa shape index (κ1) is 32.2. The van der Waals surface area contributed by atoms with Crippen LogP contribution in [0.2, 0.25) is 0 Å². The number of carbonyl (C=O) groups is 5. The quantitative estimate of drug-likeness (QED) is 0.279. The average molecular weight is 536 g/mol. The first-order chi connectivity index (χ1) is 17.8. The summed E-state index contributed by atoms with van der Waals surface area (Å²) in [5, 5.41) is 10.2. The Bertz CT molecular complexity index is 932. The minimum atomic E-state index is -0.853. The van der Waals surface area contributed by atoms with Gasteiger partial charge >= 0.3 is 12.2 Å². The summed E-state index contributed by atoms with van der Waals surface area (Å²) in [5.74, 6) is -1.27. The molecule has 0 fully saturated rings. The summed E-state index contributed by atoms with van der Waals surface area (Å²) >= 11 is 0. The zero-order valence-corrected chi connectivity index (χ0v) is 23.1. The molecule has 0 aromatic heterocycles. The molecule has 0 heterocycles.